The molecule has 2 fully saturated rings. The fourth-order valence-corrected chi connectivity index (χ4v) is 3.45. The van der Waals surface area contributed by atoms with Crippen molar-refractivity contribution in [2.45, 2.75) is 57.4 Å². The number of amides is 2. The molecule has 2 amide bonds. The first-order chi connectivity index (χ1) is 11.2. The Hall–Kier alpha value is -1.91. The normalized spacial score (nSPS) is 19.4. The molecule has 2 aliphatic rings. The molecule has 0 aromatic carbocycles. The highest BCUT2D eigenvalue weighted by atomic mass is 16.2. The minimum absolute atomic E-state index is 0.0583. The standard InChI is InChI=1S/C18H25N3O2/c22-17(19-14-8-3-1-4-9-14)15-10-7-11-16(20-15)18(23)21-12-5-2-6-13-21/h7,10-11,14H,1-6,8-9,12-13H2,(H,19,22). The summed E-state index contributed by atoms with van der Waals surface area (Å²) in [4.78, 5) is 31.0. The molecule has 0 unspecified atom stereocenters. The van der Waals surface area contributed by atoms with Crippen LogP contribution in [0.4, 0.5) is 0 Å². The van der Waals surface area contributed by atoms with Crippen molar-refractivity contribution in [3.63, 3.8) is 0 Å². The van der Waals surface area contributed by atoms with Crippen molar-refractivity contribution in [1.82, 2.24) is 15.2 Å². The number of hydrogen-bond donors (Lipinski definition) is 1. The second-order valence-electron chi connectivity index (χ2n) is 6.57. The molecule has 5 heteroatoms. The van der Waals surface area contributed by atoms with Gasteiger partial charge in [0.1, 0.15) is 11.4 Å². The minimum Gasteiger partial charge on any atom is -0.348 e. The third-order valence-electron chi connectivity index (χ3n) is 4.78. The van der Waals surface area contributed by atoms with E-state index in [1.807, 2.05) is 4.90 Å². The third-order valence-corrected chi connectivity index (χ3v) is 4.78. The lowest BCUT2D eigenvalue weighted by atomic mass is 9.95. The summed E-state index contributed by atoms with van der Waals surface area (Å²) in [5.41, 5.74) is 0.724. The number of nitrogens with one attached hydrogen (secondary N) is 1. The van der Waals surface area contributed by atoms with Gasteiger partial charge in [-0.1, -0.05) is 25.3 Å². The lowest BCUT2D eigenvalue weighted by Crippen LogP contribution is -2.38. The van der Waals surface area contributed by atoms with Gasteiger partial charge in [-0.2, -0.15) is 0 Å². The Balaban J connectivity index is 1.66. The van der Waals surface area contributed by atoms with Crippen LogP contribution in [0.15, 0.2) is 18.2 Å². The molecule has 3 rings (SSSR count). The lowest BCUT2D eigenvalue weighted by molar-refractivity contribution is 0.0718. The van der Waals surface area contributed by atoms with Crippen LogP contribution in [0.1, 0.15) is 72.3 Å². The zero-order valence-electron chi connectivity index (χ0n) is 13.6. The smallest absolute Gasteiger partial charge is 0.272 e. The molecule has 2 heterocycles. The fourth-order valence-electron chi connectivity index (χ4n) is 3.45. The van der Waals surface area contributed by atoms with Crippen LogP contribution in [0, 0.1) is 0 Å². The van der Waals surface area contributed by atoms with Crippen molar-refractivity contribution < 1.29 is 9.59 Å². The van der Waals surface area contributed by atoms with E-state index in [-0.39, 0.29) is 17.9 Å². The maximum atomic E-state index is 12.5. The van der Waals surface area contributed by atoms with Crippen LogP contribution in [-0.2, 0) is 0 Å². The minimum atomic E-state index is -0.162. The molecule has 1 N–H and O–H groups in total. The maximum absolute atomic E-state index is 12.5. The van der Waals surface area contributed by atoms with E-state index in [0.717, 1.165) is 38.8 Å². The van der Waals surface area contributed by atoms with Crippen molar-refractivity contribution in [1.29, 1.82) is 0 Å². The van der Waals surface area contributed by atoms with Crippen LogP contribution in [0.3, 0.4) is 0 Å². The predicted octanol–water partition coefficient (Wildman–Crippen LogP) is 2.77. The Bertz CT molecular complexity index is 561. The third kappa shape index (κ3) is 4.09. The number of hydrogen-bond acceptors (Lipinski definition) is 3. The van der Waals surface area contributed by atoms with Crippen LogP contribution in [0.25, 0.3) is 0 Å². The lowest BCUT2D eigenvalue weighted by Gasteiger charge is -2.26. The molecule has 0 atom stereocenters. The monoisotopic (exact) mass is 315 g/mol. The van der Waals surface area contributed by atoms with Gasteiger partial charge in [0, 0.05) is 19.1 Å². The van der Waals surface area contributed by atoms with Gasteiger partial charge in [0.25, 0.3) is 11.8 Å². The van der Waals surface area contributed by atoms with E-state index < -0.39 is 0 Å². The Morgan fingerprint density at radius 2 is 1.61 bits per heavy atom. The molecule has 5 nitrogen and oxygen atoms in total. The number of carbonyl (C=O) groups is 2. The summed E-state index contributed by atoms with van der Waals surface area (Å²) in [5.74, 6) is -0.220. The maximum Gasteiger partial charge on any atom is 0.272 e. The summed E-state index contributed by atoms with van der Waals surface area (Å²) < 4.78 is 0. The first-order valence-electron chi connectivity index (χ1n) is 8.81. The van der Waals surface area contributed by atoms with E-state index in [0.29, 0.717) is 11.4 Å². The van der Waals surface area contributed by atoms with Gasteiger partial charge in [0.15, 0.2) is 0 Å². The highest BCUT2D eigenvalue weighted by Crippen LogP contribution is 2.18. The van der Waals surface area contributed by atoms with Gasteiger partial charge in [-0.25, -0.2) is 4.98 Å². The molecule has 23 heavy (non-hydrogen) atoms. The number of rotatable bonds is 3. The molecule has 0 bridgehead atoms. The molecule has 1 aliphatic heterocycles. The molecular formula is C18H25N3O2. The summed E-state index contributed by atoms with van der Waals surface area (Å²) in [6.45, 7) is 1.58. The number of likely N-dealkylation sites (tertiary alicyclic amines) is 1. The molecule has 124 valence electrons. The molecule has 1 saturated heterocycles. The number of nitrogens with zero attached hydrogens (tertiary/aromatic N) is 2. The van der Waals surface area contributed by atoms with E-state index >= 15 is 0 Å². The van der Waals surface area contributed by atoms with Crippen molar-refractivity contribution in [2.24, 2.45) is 0 Å². The molecule has 0 spiro atoms. The van der Waals surface area contributed by atoms with E-state index in [9.17, 15) is 9.59 Å². The van der Waals surface area contributed by atoms with E-state index in [2.05, 4.69) is 10.3 Å². The van der Waals surface area contributed by atoms with E-state index in [4.69, 9.17) is 0 Å². The first kappa shape index (κ1) is 16.0. The van der Waals surface area contributed by atoms with Crippen molar-refractivity contribution in [3.8, 4) is 0 Å². The Kier molecular flexibility index (Phi) is 5.26. The highest BCUT2D eigenvalue weighted by molar-refractivity contribution is 5.96. The summed E-state index contributed by atoms with van der Waals surface area (Å²) in [7, 11) is 0. The molecule has 1 aromatic heterocycles. The number of pyridine rings is 1. The fraction of sp³-hybridized carbons (Fsp3) is 0.611. The quantitative estimate of drug-likeness (QED) is 0.933. The average molecular weight is 315 g/mol. The van der Waals surface area contributed by atoms with E-state index in [1.165, 1.54) is 25.7 Å². The zero-order valence-corrected chi connectivity index (χ0v) is 13.6. The molecule has 1 saturated carbocycles. The van der Waals surface area contributed by atoms with Crippen molar-refractivity contribution >= 4 is 11.8 Å². The highest BCUT2D eigenvalue weighted by Gasteiger charge is 2.21. The van der Waals surface area contributed by atoms with Gasteiger partial charge in [-0.3, -0.25) is 9.59 Å². The molecular weight excluding hydrogens is 290 g/mol. The molecule has 1 aliphatic carbocycles. The predicted molar refractivity (Wildman–Crippen MR) is 88.3 cm³/mol. The van der Waals surface area contributed by atoms with Gasteiger partial charge in [0.05, 0.1) is 0 Å². The topological polar surface area (TPSA) is 62.3 Å². The van der Waals surface area contributed by atoms with Crippen LogP contribution < -0.4 is 5.32 Å². The summed E-state index contributed by atoms with van der Waals surface area (Å²) >= 11 is 0. The van der Waals surface area contributed by atoms with Crippen LogP contribution in [-0.4, -0.2) is 40.8 Å². The van der Waals surface area contributed by atoms with Crippen LogP contribution >= 0.6 is 0 Å². The van der Waals surface area contributed by atoms with Crippen molar-refractivity contribution in [3.05, 3.63) is 29.6 Å². The number of aromatic nitrogens is 1. The summed E-state index contributed by atoms with van der Waals surface area (Å²) in [5, 5.41) is 3.05. The Morgan fingerprint density at radius 3 is 2.35 bits per heavy atom. The second-order valence-corrected chi connectivity index (χ2v) is 6.57. The van der Waals surface area contributed by atoms with Crippen molar-refractivity contribution in [2.75, 3.05) is 13.1 Å². The summed E-state index contributed by atoms with van der Waals surface area (Å²) in [6.07, 6.45) is 8.96. The number of piperidine rings is 1. The van der Waals surface area contributed by atoms with Gasteiger partial charge in [-0.15, -0.1) is 0 Å². The first-order valence-corrected chi connectivity index (χ1v) is 8.81. The second kappa shape index (κ2) is 7.57. The average Bonchev–Trinajstić information content (AvgIpc) is 2.63. The van der Waals surface area contributed by atoms with Gasteiger partial charge in [0.2, 0.25) is 0 Å². The summed E-state index contributed by atoms with van der Waals surface area (Å²) in [6, 6.07) is 5.39. The zero-order chi connectivity index (χ0) is 16.1. The van der Waals surface area contributed by atoms with Gasteiger partial charge >= 0.3 is 0 Å². The van der Waals surface area contributed by atoms with Gasteiger partial charge in [-0.05, 0) is 44.2 Å². The van der Waals surface area contributed by atoms with Gasteiger partial charge < -0.3 is 10.2 Å². The van der Waals surface area contributed by atoms with E-state index in [1.54, 1.807) is 18.2 Å². The van der Waals surface area contributed by atoms with Crippen LogP contribution in [0.5, 0.6) is 0 Å². The Labute approximate surface area is 137 Å². The molecule has 1 aromatic rings. The Morgan fingerprint density at radius 1 is 0.957 bits per heavy atom. The number of carbonyl (C=O) groups excluding carboxylic acids is 2. The van der Waals surface area contributed by atoms with Crippen LogP contribution in [0.2, 0.25) is 0 Å². The largest absolute Gasteiger partial charge is 0.348 e. The molecule has 0 radical (unpaired) electrons. The SMILES string of the molecule is O=C(NC1CCCCC1)c1cccc(C(=O)N2CCCCC2)n1.